The van der Waals surface area contributed by atoms with Crippen LogP contribution in [0.25, 0.3) is 50.0 Å². The minimum atomic E-state index is 0.881. The summed E-state index contributed by atoms with van der Waals surface area (Å²) in [7, 11) is 0. The maximum absolute atomic E-state index is 5.13. The number of benzene rings is 3. The van der Waals surface area contributed by atoms with Crippen molar-refractivity contribution in [1.29, 1.82) is 0 Å². The molecule has 0 atom stereocenters. The van der Waals surface area contributed by atoms with Gasteiger partial charge in [0, 0.05) is 11.8 Å². The van der Waals surface area contributed by atoms with Crippen molar-refractivity contribution >= 4 is 27.2 Å². The van der Waals surface area contributed by atoms with Gasteiger partial charge < -0.3 is 0 Å². The molecule has 3 heterocycles. The first kappa shape index (κ1) is 16.0. The van der Waals surface area contributed by atoms with E-state index in [2.05, 4.69) is 88.2 Å². The number of fused-ring (bicyclic) bond motifs is 4. The van der Waals surface area contributed by atoms with E-state index in [0.717, 1.165) is 33.8 Å². The normalized spacial score (nSPS) is 11.4. The largest absolute Gasteiger partial charge is 0.292 e. The van der Waals surface area contributed by atoms with E-state index >= 15 is 0 Å². The van der Waals surface area contributed by atoms with E-state index in [1.807, 2.05) is 24.4 Å². The second kappa shape index (κ2) is 6.28. The first-order valence-corrected chi connectivity index (χ1v) is 9.70. The minimum Gasteiger partial charge on any atom is -0.292 e. The van der Waals surface area contributed by atoms with E-state index < -0.39 is 0 Å². The minimum absolute atomic E-state index is 0.881. The van der Waals surface area contributed by atoms with E-state index in [-0.39, 0.29) is 0 Å². The Bertz CT molecular complexity index is 1490. The van der Waals surface area contributed by atoms with Gasteiger partial charge in [-0.15, -0.1) is 0 Å². The van der Waals surface area contributed by atoms with Gasteiger partial charge in [0.15, 0.2) is 0 Å². The maximum atomic E-state index is 5.13. The molecule has 29 heavy (non-hydrogen) atoms. The molecule has 6 aromatic rings. The highest BCUT2D eigenvalue weighted by Crippen LogP contribution is 2.35. The SMILES string of the molecule is c1ccc(-c2nc(-c3cccc4ccccc34)n3c2ccc2ccccc23)nc1. The molecular weight excluding hydrogens is 354 g/mol. The molecule has 0 saturated carbocycles. The third kappa shape index (κ3) is 2.44. The predicted molar refractivity (Wildman–Crippen MR) is 119 cm³/mol. The summed E-state index contributed by atoms with van der Waals surface area (Å²) < 4.78 is 2.26. The fourth-order valence-electron chi connectivity index (χ4n) is 4.12. The van der Waals surface area contributed by atoms with E-state index in [4.69, 9.17) is 4.98 Å². The first-order chi connectivity index (χ1) is 14.4. The lowest BCUT2D eigenvalue weighted by Gasteiger charge is -2.09. The zero-order chi connectivity index (χ0) is 19.2. The molecule has 136 valence electrons. The molecule has 0 aliphatic carbocycles. The molecule has 0 bridgehead atoms. The second-order valence-electron chi connectivity index (χ2n) is 7.14. The van der Waals surface area contributed by atoms with Crippen molar-refractivity contribution in [1.82, 2.24) is 14.4 Å². The Morgan fingerprint density at radius 1 is 0.586 bits per heavy atom. The molecule has 3 nitrogen and oxygen atoms in total. The molecule has 0 fully saturated rings. The van der Waals surface area contributed by atoms with Gasteiger partial charge in [0.1, 0.15) is 11.5 Å². The highest BCUT2D eigenvalue weighted by atomic mass is 15.0. The number of hydrogen-bond acceptors (Lipinski definition) is 2. The lowest BCUT2D eigenvalue weighted by Crippen LogP contribution is -1.92. The molecule has 0 amide bonds. The van der Waals surface area contributed by atoms with Crippen LogP contribution < -0.4 is 0 Å². The molecule has 6 rings (SSSR count). The van der Waals surface area contributed by atoms with Gasteiger partial charge in [-0.2, -0.15) is 0 Å². The van der Waals surface area contributed by atoms with Gasteiger partial charge in [-0.3, -0.25) is 9.38 Å². The lowest BCUT2D eigenvalue weighted by molar-refractivity contribution is 1.22. The maximum Gasteiger partial charge on any atom is 0.146 e. The van der Waals surface area contributed by atoms with Crippen molar-refractivity contribution in [2.75, 3.05) is 0 Å². The quantitative estimate of drug-likeness (QED) is 0.354. The number of rotatable bonds is 2. The highest BCUT2D eigenvalue weighted by Gasteiger charge is 2.18. The average molecular weight is 371 g/mol. The summed E-state index contributed by atoms with van der Waals surface area (Å²) in [4.78, 5) is 9.70. The van der Waals surface area contributed by atoms with Crippen LogP contribution in [0.1, 0.15) is 0 Å². The van der Waals surface area contributed by atoms with E-state index in [1.165, 1.54) is 16.2 Å². The van der Waals surface area contributed by atoms with Crippen molar-refractivity contribution in [3.63, 3.8) is 0 Å². The molecule has 0 radical (unpaired) electrons. The topological polar surface area (TPSA) is 30.2 Å². The summed E-state index contributed by atoms with van der Waals surface area (Å²) in [6.45, 7) is 0. The monoisotopic (exact) mass is 371 g/mol. The molecule has 3 aromatic heterocycles. The van der Waals surface area contributed by atoms with Crippen LogP contribution in [-0.4, -0.2) is 14.4 Å². The van der Waals surface area contributed by atoms with Crippen molar-refractivity contribution in [2.45, 2.75) is 0 Å². The van der Waals surface area contributed by atoms with Crippen LogP contribution in [0, 0.1) is 0 Å². The zero-order valence-corrected chi connectivity index (χ0v) is 15.7. The number of aromatic nitrogens is 3. The number of para-hydroxylation sites is 1. The van der Waals surface area contributed by atoms with Crippen molar-refractivity contribution < 1.29 is 0 Å². The number of imidazole rings is 1. The zero-order valence-electron chi connectivity index (χ0n) is 15.7. The van der Waals surface area contributed by atoms with Gasteiger partial charge in [-0.1, -0.05) is 72.8 Å². The van der Waals surface area contributed by atoms with Crippen LogP contribution in [0.2, 0.25) is 0 Å². The number of hydrogen-bond donors (Lipinski definition) is 0. The second-order valence-corrected chi connectivity index (χ2v) is 7.14. The summed E-state index contributed by atoms with van der Waals surface area (Å²) in [6, 6.07) is 33.6. The van der Waals surface area contributed by atoms with E-state index in [0.29, 0.717) is 0 Å². The first-order valence-electron chi connectivity index (χ1n) is 9.70. The van der Waals surface area contributed by atoms with E-state index in [1.54, 1.807) is 0 Å². The molecule has 0 aliphatic heterocycles. The van der Waals surface area contributed by atoms with Crippen molar-refractivity contribution in [2.24, 2.45) is 0 Å². The van der Waals surface area contributed by atoms with Crippen LogP contribution in [0.15, 0.2) is 103 Å². The number of pyridine rings is 2. The Hall–Kier alpha value is -3.98. The Morgan fingerprint density at radius 3 is 2.28 bits per heavy atom. The van der Waals surface area contributed by atoms with Gasteiger partial charge in [0.25, 0.3) is 0 Å². The summed E-state index contributed by atoms with van der Waals surface area (Å²) in [5, 5.41) is 3.59. The van der Waals surface area contributed by atoms with Crippen LogP contribution in [0.4, 0.5) is 0 Å². The Balaban J connectivity index is 1.79. The average Bonchev–Trinajstić information content (AvgIpc) is 3.19. The Labute approximate surface area is 167 Å². The van der Waals surface area contributed by atoms with Crippen LogP contribution >= 0.6 is 0 Å². The molecule has 0 saturated heterocycles. The molecule has 0 spiro atoms. The van der Waals surface area contributed by atoms with Crippen LogP contribution in [0.3, 0.4) is 0 Å². The summed E-state index contributed by atoms with van der Waals surface area (Å²) in [6.07, 6.45) is 1.82. The number of nitrogens with zero attached hydrogens (tertiary/aromatic N) is 3. The van der Waals surface area contributed by atoms with Crippen molar-refractivity contribution in [3.8, 4) is 22.8 Å². The Kier molecular flexibility index (Phi) is 3.47. The predicted octanol–water partition coefficient (Wildman–Crippen LogP) is 6.37. The van der Waals surface area contributed by atoms with Crippen LogP contribution in [0.5, 0.6) is 0 Å². The van der Waals surface area contributed by atoms with Crippen LogP contribution in [-0.2, 0) is 0 Å². The highest BCUT2D eigenvalue weighted by molar-refractivity contribution is 5.98. The summed E-state index contributed by atoms with van der Waals surface area (Å²) >= 11 is 0. The van der Waals surface area contributed by atoms with Gasteiger partial charge in [-0.05, 0) is 40.4 Å². The molecule has 3 aromatic carbocycles. The fraction of sp³-hybridized carbons (Fsp3) is 0. The third-order valence-corrected chi connectivity index (χ3v) is 5.45. The third-order valence-electron chi connectivity index (χ3n) is 5.45. The molecule has 0 unspecified atom stereocenters. The van der Waals surface area contributed by atoms with Gasteiger partial charge in [0.2, 0.25) is 0 Å². The van der Waals surface area contributed by atoms with E-state index in [9.17, 15) is 0 Å². The summed E-state index contributed by atoms with van der Waals surface area (Å²) in [5.41, 5.74) is 5.11. The Morgan fingerprint density at radius 2 is 1.38 bits per heavy atom. The fourth-order valence-corrected chi connectivity index (χ4v) is 4.12. The summed E-state index contributed by atoms with van der Waals surface area (Å²) in [5.74, 6) is 0.939. The van der Waals surface area contributed by atoms with Gasteiger partial charge >= 0.3 is 0 Å². The standard InChI is InChI=1S/C26H17N3/c1-3-11-20-18(8-1)10-7-12-21(20)26-28-25(22-13-5-6-17-27-22)24-16-15-19-9-2-4-14-23(19)29(24)26/h1-17H. The van der Waals surface area contributed by atoms with Gasteiger partial charge in [0.05, 0.1) is 16.7 Å². The molecule has 0 aliphatic rings. The molecular formula is C26H17N3. The lowest BCUT2D eigenvalue weighted by atomic mass is 10.0. The van der Waals surface area contributed by atoms with Crippen molar-refractivity contribution in [3.05, 3.63) is 103 Å². The molecule has 3 heteroatoms. The molecule has 0 N–H and O–H groups in total. The smallest absolute Gasteiger partial charge is 0.146 e. The van der Waals surface area contributed by atoms with Gasteiger partial charge in [-0.25, -0.2) is 4.98 Å².